The summed E-state index contributed by atoms with van der Waals surface area (Å²) >= 11 is 8.00. The SMILES string of the molecule is Fc1ccc(CNCc2ccc(I)cc2)cc1Cl. The summed E-state index contributed by atoms with van der Waals surface area (Å²) < 4.78 is 14.2. The molecule has 0 unspecified atom stereocenters. The lowest BCUT2D eigenvalue weighted by Crippen LogP contribution is -2.12. The standard InChI is InChI=1S/C14H12ClFIN/c15-13-7-11(3-6-14(13)16)9-18-8-10-1-4-12(17)5-2-10/h1-7,18H,8-9H2. The van der Waals surface area contributed by atoms with E-state index < -0.39 is 0 Å². The number of nitrogens with one attached hydrogen (secondary N) is 1. The van der Waals surface area contributed by atoms with Gasteiger partial charge in [-0.2, -0.15) is 0 Å². The fourth-order valence-electron chi connectivity index (χ4n) is 1.60. The summed E-state index contributed by atoms with van der Waals surface area (Å²) in [6, 6.07) is 13.1. The Bertz CT molecular complexity index is 528. The molecule has 1 nitrogen and oxygen atoms in total. The summed E-state index contributed by atoms with van der Waals surface area (Å²) in [4.78, 5) is 0. The summed E-state index contributed by atoms with van der Waals surface area (Å²) in [5.41, 5.74) is 2.20. The van der Waals surface area contributed by atoms with Crippen LogP contribution < -0.4 is 5.32 Å². The lowest BCUT2D eigenvalue weighted by atomic mass is 10.2. The molecular formula is C14H12ClFIN. The Balaban J connectivity index is 1.88. The minimum Gasteiger partial charge on any atom is -0.309 e. The highest BCUT2D eigenvalue weighted by Gasteiger charge is 2.00. The molecule has 0 radical (unpaired) electrons. The predicted octanol–water partition coefficient (Wildman–Crippen LogP) is 4.37. The average molecular weight is 376 g/mol. The molecule has 0 saturated heterocycles. The largest absolute Gasteiger partial charge is 0.309 e. The molecule has 2 aromatic rings. The van der Waals surface area contributed by atoms with Crippen LogP contribution in [0.1, 0.15) is 11.1 Å². The maximum absolute atomic E-state index is 13.0. The Morgan fingerprint density at radius 1 is 1.00 bits per heavy atom. The van der Waals surface area contributed by atoms with Crippen LogP contribution in [-0.4, -0.2) is 0 Å². The molecule has 94 valence electrons. The molecule has 18 heavy (non-hydrogen) atoms. The van der Waals surface area contributed by atoms with Gasteiger partial charge in [-0.15, -0.1) is 0 Å². The molecule has 0 bridgehead atoms. The fourth-order valence-corrected chi connectivity index (χ4v) is 2.17. The highest BCUT2D eigenvalue weighted by molar-refractivity contribution is 14.1. The van der Waals surface area contributed by atoms with Gasteiger partial charge in [-0.05, 0) is 58.0 Å². The number of halogens is 3. The van der Waals surface area contributed by atoms with Crippen molar-refractivity contribution in [2.24, 2.45) is 0 Å². The van der Waals surface area contributed by atoms with E-state index in [9.17, 15) is 4.39 Å². The third-order valence-corrected chi connectivity index (χ3v) is 3.56. The first kappa shape index (κ1) is 13.8. The quantitative estimate of drug-likeness (QED) is 0.782. The number of hydrogen-bond donors (Lipinski definition) is 1. The van der Waals surface area contributed by atoms with Gasteiger partial charge in [0.15, 0.2) is 0 Å². The molecule has 0 aliphatic carbocycles. The van der Waals surface area contributed by atoms with Gasteiger partial charge in [-0.3, -0.25) is 0 Å². The van der Waals surface area contributed by atoms with Gasteiger partial charge in [0, 0.05) is 16.7 Å². The summed E-state index contributed by atoms with van der Waals surface area (Å²) in [6.45, 7) is 1.46. The summed E-state index contributed by atoms with van der Waals surface area (Å²) in [5.74, 6) is -0.377. The highest BCUT2D eigenvalue weighted by atomic mass is 127. The van der Waals surface area contributed by atoms with Crippen molar-refractivity contribution in [2.75, 3.05) is 0 Å². The number of rotatable bonds is 4. The van der Waals surface area contributed by atoms with E-state index in [0.29, 0.717) is 6.54 Å². The van der Waals surface area contributed by atoms with Crippen molar-refractivity contribution in [1.29, 1.82) is 0 Å². The average Bonchev–Trinajstić information content (AvgIpc) is 2.36. The Hall–Kier alpha value is -0.650. The number of benzene rings is 2. The third-order valence-electron chi connectivity index (χ3n) is 2.56. The molecule has 2 aromatic carbocycles. The van der Waals surface area contributed by atoms with E-state index in [1.54, 1.807) is 12.1 Å². The second-order valence-corrected chi connectivity index (χ2v) is 5.63. The van der Waals surface area contributed by atoms with Crippen LogP contribution in [0.25, 0.3) is 0 Å². The minimum atomic E-state index is -0.377. The highest BCUT2D eigenvalue weighted by Crippen LogP contribution is 2.16. The van der Waals surface area contributed by atoms with Crippen LogP contribution in [0, 0.1) is 9.39 Å². The van der Waals surface area contributed by atoms with Gasteiger partial charge >= 0.3 is 0 Å². The monoisotopic (exact) mass is 375 g/mol. The maximum Gasteiger partial charge on any atom is 0.141 e. The van der Waals surface area contributed by atoms with Crippen LogP contribution in [-0.2, 0) is 13.1 Å². The second kappa shape index (κ2) is 6.50. The van der Waals surface area contributed by atoms with E-state index in [1.807, 2.05) is 0 Å². The second-order valence-electron chi connectivity index (χ2n) is 3.98. The molecule has 2 rings (SSSR count). The van der Waals surface area contributed by atoms with Crippen molar-refractivity contribution < 1.29 is 4.39 Å². The topological polar surface area (TPSA) is 12.0 Å². The van der Waals surface area contributed by atoms with Crippen LogP contribution in [0.4, 0.5) is 4.39 Å². The van der Waals surface area contributed by atoms with Crippen molar-refractivity contribution in [2.45, 2.75) is 13.1 Å². The van der Waals surface area contributed by atoms with Gasteiger partial charge in [-0.25, -0.2) is 4.39 Å². The molecule has 0 amide bonds. The van der Waals surface area contributed by atoms with E-state index in [1.165, 1.54) is 15.2 Å². The first-order valence-corrected chi connectivity index (χ1v) is 7.00. The van der Waals surface area contributed by atoms with Crippen molar-refractivity contribution >= 4 is 34.2 Å². The van der Waals surface area contributed by atoms with Crippen LogP contribution >= 0.6 is 34.2 Å². The Morgan fingerprint density at radius 2 is 1.61 bits per heavy atom. The lowest BCUT2D eigenvalue weighted by Gasteiger charge is -2.06. The zero-order chi connectivity index (χ0) is 13.0. The lowest BCUT2D eigenvalue weighted by molar-refractivity contribution is 0.625. The Labute approximate surface area is 124 Å². The first-order chi connectivity index (χ1) is 8.65. The van der Waals surface area contributed by atoms with Gasteiger partial charge in [0.2, 0.25) is 0 Å². The van der Waals surface area contributed by atoms with Crippen molar-refractivity contribution in [3.8, 4) is 0 Å². The van der Waals surface area contributed by atoms with Crippen molar-refractivity contribution in [1.82, 2.24) is 5.32 Å². The van der Waals surface area contributed by atoms with Gasteiger partial charge in [0.05, 0.1) is 5.02 Å². The summed E-state index contributed by atoms with van der Waals surface area (Å²) in [6.07, 6.45) is 0. The van der Waals surface area contributed by atoms with Gasteiger partial charge in [0.25, 0.3) is 0 Å². The van der Waals surface area contributed by atoms with Crippen molar-refractivity contribution in [3.63, 3.8) is 0 Å². The molecule has 0 heterocycles. The van der Waals surface area contributed by atoms with Gasteiger partial charge < -0.3 is 5.32 Å². The smallest absolute Gasteiger partial charge is 0.141 e. The molecule has 0 aliphatic heterocycles. The van der Waals surface area contributed by atoms with Crippen LogP contribution in [0.15, 0.2) is 42.5 Å². The van der Waals surface area contributed by atoms with E-state index in [-0.39, 0.29) is 10.8 Å². The van der Waals surface area contributed by atoms with Crippen LogP contribution in [0.3, 0.4) is 0 Å². The van der Waals surface area contributed by atoms with E-state index in [2.05, 4.69) is 52.2 Å². The molecule has 0 aromatic heterocycles. The summed E-state index contributed by atoms with van der Waals surface area (Å²) in [5, 5.41) is 3.47. The molecule has 0 saturated carbocycles. The predicted molar refractivity (Wildman–Crippen MR) is 81.1 cm³/mol. The van der Waals surface area contributed by atoms with E-state index >= 15 is 0 Å². The number of hydrogen-bond acceptors (Lipinski definition) is 1. The normalized spacial score (nSPS) is 10.6. The minimum absolute atomic E-state index is 0.170. The molecule has 0 fully saturated rings. The van der Waals surface area contributed by atoms with Crippen LogP contribution in [0.5, 0.6) is 0 Å². The van der Waals surface area contributed by atoms with Crippen LogP contribution in [0.2, 0.25) is 5.02 Å². The zero-order valence-corrected chi connectivity index (χ0v) is 12.5. The van der Waals surface area contributed by atoms with Gasteiger partial charge in [0.1, 0.15) is 5.82 Å². The van der Waals surface area contributed by atoms with Crippen molar-refractivity contribution in [3.05, 3.63) is 68.0 Å². The van der Waals surface area contributed by atoms with Gasteiger partial charge in [-0.1, -0.05) is 29.8 Å². The molecule has 1 N–H and O–H groups in total. The third kappa shape index (κ3) is 3.93. The Morgan fingerprint density at radius 3 is 2.28 bits per heavy atom. The van der Waals surface area contributed by atoms with E-state index in [0.717, 1.165) is 12.1 Å². The maximum atomic E-state index is 13.0. The molecular weight excluding hydrogens is 364 g/mol. The fraction of sp³-hybridized carbons (Fsp3) is 0.143. The molecule has 0 atom stereocenters. The molecule has 4 heteroatoms. The summed E-state index contributed by atoms with van der Waals surface area (Å²) in [7, 11) is 0. The zero-order valence-electron chi connectivity index (χ0n) is 9.59. The molecule has 0 aliphatic rings. The van der Waals surface area contributed by atoms with E-state index in [4.69, 9.17) is 11.6 Å². The Kier molecular flexibility index (Phi) is 4.97. The molecule has 0 spiro atoms. The first-order valence-electron chi connectivity index (χ1n) is 5.54.